The first-order valence-electron chi connectivity index (χ1n) is 4.93. The zero-order valence-corrected chi connectivity index (χ0v) is 9.03. The third kappa shape index (κ3) is 2.81. The number of hydrogen-bond acceptors (Lipinski definition) is 3. The lowest BCUT2D eigenvalue weighted by Gasteiger charge is -2.03. The molecule has 0 saturated heterocycles. The fraction of sp³-hybridized carbons (Fsp3) is 0.333. The zero-order valence-electron chi connectivity index (χ0n) is 9.03. The number of ether oxygens (including phenoxy) is 1. The van der Waals surface area contributed by atoms with Gasteiger partial charge in [-0.05, 0) is 18.1 Å². The summed E-state index contributed by atoms with van der Waals surface area (Å²) in [5.74, 6) is 0.385. The molecule has 3 nitrogen and oxygen atoms in total. The number of methoxy groups -OCH3 is 1. The predicted molar refractivity (Wildman–Crippen MR) is 59.4 cm³/mol. The molecule has 0 N–H and O–H groups in total. The van der Waals surface area contributed by atoms with Crippen LogP contribution in [0.3, 0.4) is 0 Å². The van der Waals surface area contributed by atoms with Crippen molar-refractivity contribution in [1.29, 1.82) is 5.26 Å². The highest BCUT2D eigenvalue weighted by molar-refractivity contribution is 5.60. The van der Waals surface area contributed by atoms with Gasteiger partial charge in [-0.2, -0.15) is 5.26 Å². The Labute approximate surface area is 90.0 Å². The minimum absolute atomic E-state index is 0.385. The minimum atomic E-state index is 0.385. The lowest BCUT2D eigenvalue weighted by Crippen LogP contribution is -1.93. The Balaban J connectivity index is 3.02. The van der Waals surface area contributed by atoms with Gasteiger partial charge in [0.25, 0.3) is 0 Å². The van der Waals surface area contributed by atoms with E-state index in [0.29, 0.717) is 11.4 Å². The van der Waals surface area contributed by atoms with Crippen molar-refractivity contribution in [1.82, 2.24) is 4.98 Å². The molecular weight excluding hydrogens is 188 g/mol. The van der Waals surface area contributed by atoms with Gasteiger partial charge in [-0.3, -0.25) is 0 Å². The summed E-state index contributed by atoms with van der Waals surface area (Å²) in [5.41, 5.74) is 1.35. The van der Waals surface area contributed by atoms with E-state index in [1.165, 1.54) is 7.11 Å². The van der Waals surface area contributed by atoms with Gasteiger partial charge in [0.1, 0.15) is 11.6 Å². The SMILES string of the molecule is CCC/C=C/c1ccnc(OC)c1C#N. The van der Waals surface area contributed by atoms with Gasteiger partial charge in [0.2, 0.25) is 5.88 Å². The van der Waals surface area contributed by atoms with E-state index in [0.717, 1.165) is 18.4 Å². The van der Waals surface area contributed by atoms with E-state index in [9.17, 15) is 0 Å². The number of pyridine rings is 1. The smallest absolute Gasteiger partial charge is 0.231 e. The minimum Gasteiger partial charge on any atom is -0.480 e. The normalized spacial score (nSPS) is 10.2. The fourth-order valence-corrected chi connectivity index (χ4v) is 1.24. The summed E-state index contributed by atoms with van der Waals surface area (Å²) in [4.78, 5) is 3.98. The summed E-state index contributed by atoms with van der Waals surface area (Å²) in [7, 11) is 1.52. The third-order valence-corrected chi connectivity index (χ3v) is 2.01. The highest BCUT2D eigenvalue weighted by Crippen LogP contribution is 2.19. The molecule has 1 rings (SSSR count). The summed E-state index contributed by atoms with van der Waals surface area (Å²) in [6.45, 7) is 2.11. The molecule has 0 aliphatic rings. The lowest BCUT2D eigenvalue weighted by atomic mass is 10.1. The molecule has 0 aliphatic heterocycles. The highest BCUT2D eigenvalue weighted by Gasteiger charge is 2.06. The number of rotatable bonds is 4. The van der Waals surface area contributed by atoms with Crippen LogP contribution in [-0.2, 0) is 0 Å². The van der Waals surface area contributed by atoms with E-state index in [2.05, 4.69) is 24.1 Å². The molecule has 0 atom stereocenters. The maximum absolute atomic E-state index is 8.98. The molecule has 3 heteroatoms. The van der Waals surface area contributed by atoms with Crippen molar-refractivity contribution in [2.24, 2.45) is 0 Å². The van der Waals surface area contributed by atoms with E-state index < -0.39 is 0 Å². The fourth-order valence-electron chi connectivity index (χ4n) is 1.24. The largest absolute Gasteiger partial charge is 0.480 e. The first-order valence-corrected chi connectivity index (χ1v) is 4.93. The summed E-state index contributed by atoms with van der Waals surface area (Å²) < 4.78 is 5.02. The van der Waals surface area contributed by atoms with Crippen LogP contribution in [-0.4, -0.2) is 12.1 Å². The number of hydrogen-bond donors (Lipinski definition) is 0. The maximum Gasteiger partial charge on any atom is 0.231 e. The number of nitriles is 1. The van der Waals surface area contributed by atoms with Crippen molar-refractivity contribution in [2.75, 3.05) is 7.11 Å². The van der Waals surface area contributed by atoms with Gasteiger partial charge in [-0.25, -0.2) is 4.98 Å². The quantitative estimate of drug-likeness (QED) is 0.754. The van der Waals surface area contributed by atoms with E-state index in [-0.39, 0.29) is 0 Å². The van der Waals surface area contributed by atoms with Crippen molar-refractivity contribution in [3.05, 3.63) is 29.5 Å². The second kappa shape index (κ2) is 5.82. The Morgan fingerprint density at radius 1 is 1.60 bits per heavy atom. The molecule has 0 radical (unpaired) electrons. The topological polar surface area (TPSA) is 45.9 Å². The van der Waals surface area contributed by atoms with E-state index in [4.69, 9.17) is 10.00 Å². The Bertz CT molecular complexity index is 391. The molecule has 0 fully saturated rings. The van der Waals surface area contributed by atoms with Crippen molar-refractivity contribution in [3.8, 4) is 11.9 Å². The van der Waals surface area contributed by atoms with Crippen LogP contribution >= 0.6 is 0 Å². The number of allylic oxidation sites excluding steroid dienone is 1. The molecule has 0 spiro atoms. The Morgan fingerprint density at radius 2 is 2.40 bits per heavy atom. The van der Waals surface area contributed by atoms with E-state index >= 15 is 0 Å². The van der Waals surface area contributed by atoms with E-state index in [1.807, 2.05) is 12.1 Å². The molecular formula is C12H14N2O. The van der Waals surface area contributed by atoms with Crippen LogP contribution < -0.4 is 4.74 Å². The van der Waals surface area contributed by atoms with Crippen LogP contribution in [0.1, 0.15) is 30.9 Å². The molecule has 0 aliphatic carbocycles. The summed E-state index contributed by atoms with van der Waals surface area (Å²) in [6, 6.07) is 3.92. The van der Waals surface area contributed by atoms with Gasteiger partial charge in [0, 0.05) is 6.20 Å². The monoisotopic (exact) mass is 202 g/mol. The van der Waals surface area contributed by atoms with Gasteiger partial charge in [-0.15, -0.1) is 0 Å². The van der Waals surface area contributed by atoms with Crippen LogP contribution in [0, 0.1) is 11.3 Å². The zero-order chi connectivity index (χ0) is 11.1. The molecule has 0 aromatic carbocycles. The molecule has 1 heterocycles. The molecule has 0 bridgehead atoms. The molecule has 1 aromatic rings. The second-order valence-corrected chi connectivity index (χ2v) is 3.09. The molecule has 78 valence electrons. The van der Waals surface area contributed by atoms with Gasteiger partial charge in [0.15, 0.2) is 0 Å². The van der Waals surface area contributed by atoms with Crippen molar-refractivity contribution in [3.63, 3.8) is 0 Å². The summed E-state index contributed by atoms with van der Waals surface area (Å²) in [5, 5.41) is 8.98. The Hall–Kier alpha value is -1.82. The van der Waals surface area contributed by atoms with Crippen LogP contribution in [0.25, 0.3) is 6.08 Å². The number of nitrogens with zero attached hydrogens (tertiary/aromatic N) is 2. The van der Waals surface area contributed by atoms with Crippen LogP contribution in [0.5, 0.6) is 5.88 Å². The first-order chi connectivity index (χ1) is 7.33. The van der Waals surface area contributed by atoms with Crippen LogP contribution in [0.15, 0.2) is 18.3 Å². The number of unbranched alkanes of at least 4 members (excludes halogenated alkanes) is 1. The van der Waals surface area contributed by atoms with Gasteiger partial charge >= 0.3 is 0 Å². The Morgan fingerprint density at radius 3 is 3.00 bits per heavy atom. The molecule has 0 amide bonds. The average molecular weight is 202 g/mol. The van der Waals surface area contributed by atoms with Crippen molar-refractivity contribution >= 4 is 6.08 Å². The highest BCUT2D eigenvalue weighted by atomic mass is 16.5. The maximum atomic E-state index is 8.98. The van der Waals surface area contributed by atoms with Crippen molar-refractivity contribution in [2.45, 2.75) is 19.8 Å². The predicted octanol–water partition coefficient (Wildman–Crippen LogP) is 2.78. The van der Waals surface area contributed by atoms with Crippen LogP contribution in [0.4, 0.5) is 0 Å². The van der Waals surface area contributed by atoms with E-state index in [1.54, 1.807) is 6.20 Å². The Kier molecular flexibility index (Phi) is 4.36. The standard InChI is InChI=1S/C12H14N2O/c1-3-4-5-6-10-7-8-14-12(15-2)11(10)9-13/h5-8H,3-4H2,1-2H3/b6-5+. The molecule has 0 saturated carbocycles. The molecule has 15 heavy (non-hydrogen) atoms. The second-order valence-electron chi connectivity index (χ2n) is 3.09. The van der Waals surface area contributed by atoms with Gasteiger partial charge < -0.3 is 4.74 Å². The third-order valence-electron chi connectivity index (χ3n) is 2.01. The van der Waals surface area contributed by atoms with Crippen LogP contribution in [0.2, 0.25) is 0 Å². The number of aromatic nitrogens is 1. The average Bonchev–Trinajstić information content (AvgIpc) is 2.29. The molecule has 0 unspecified atom stereocenters. The first kappa shape index (κ1) is 11.3. The summed E-state index contributed by atoms with van der Waals surface area (Å²) >= 11 is 0. The van der Waals surface area contributed by atoms with Gasteiger partial charge in [0.05, 0.1) is 7.11 Å². The summed E-state index contributed by atoms with van der Waals surface area (Å²) in [6.07, 6.45) is 7.74. The van der Waals surface area contributed by atoms with Gasteiger partial charge in [-0.1, -0.05) is 25.5 Å². The van der Waals surface area contributed by atoms with Crippen molar-refractivity contribution < 1.29 is 4.74 Å². The molecule has 1 aromatic heterocycles. The lowest BCUT2D eigenvalue weighted by molar-refractivity contribution is 0.396.